The van der Waals surface area contributed by atoms with Crippen molar-refractivity contribution in [1.29, 1.82) is 0 Å². The topological polar surface area (TPSA) is 17.8 Å². The molecular weight excluding hydrogens is 288 g/mol. The average molecular weight is 306 g/mol. The average Bonchev–Trinajstić information content (AvgIpc) is 3.19. The molecule has 1 aromatic carbocycles. The van der Waals surface area contributed by atoms with Gasteiger partial charge in [-0.3, -0.25) is 4.98 Å². The first-order valence-corrected chi connectivity index (χ1v) is 8.68. The van der Waals surface area contributed by atoms with Crippen LogP contribution in [0.3, 0.4) is 0 Å². The van der Waals surface area contributed by atoms with Crippen molar-refractivity contribution in [2.24, 2.45) is 0 Å². The van der Waals surface area contributed by atoms with Crippen LogP contribution in [0, 0.1) is 0 Å². The summed E-state index contributed by atoms with van der Waals surface area (Å²) in [6.45, 7) is 3.29. The van der Waals surface area contributed by atoms with E-state index in [1.807, 2.05) is 6.20 Å². The molecule has 2 nitrogen and oxygen atoms in total. The van der Waals surface area contributed by atoms with E-state index in [2.05, 4.69) is 59.3 Å². The van der Waals surface area contributed by atoms with Gasteiger partial charge in [-0.2, -0.15) is 0 Å². The normalized spacial score (nSPS) is 11.5. The fourth-order valence-corrected chi connectivity index (χ4v) is 3.87. The minimum absolute atomic E-state index is 1.05. The number of aryl methyl sites for hydroxylation is 1. The second-order valence-electron chi connectivity index (χ2n) is 5.56. The highest BCUT2D eigenvalue weighted by Crippen LogP contribution is 2.36. The van der Waals surface area contributed by atoms with Crippen LogP contribution in [-0.4, -0.2) is 9.55 Å². The summed E-state index contributed by atoms with van der Waals surface area (Å²) in [4.78, 5) is 5.94. The first-order chi connectivity index (χ1) is 10.9. The van der Waals surface area contributed by atoms with Gasteiger partial charge in [-0.1, -0.05) is 37.6 Å². The van der Waals surface area contributed by atoms with Crippen LogP contribution in [0.5, 0.6) is 0 Å². The summed E-state index contributed by atoms with van der Waals surface area (Å²) in [7, 11) is 0. The lowest BCUT2D eigenvalue weighted by Gasteiger charge is -2.09. The maximum Gasteiger partial charge on any atom is 0.104 e. The molecule has 4 aromatic rings. The van der Waals surface area contributed by atoms with Crippen LogP contribution in [0.4, 0.5) is 0 Å². The van der Waals surface area contributed by atoms with Crippen LogP contribution in [0.25, 0.3) is 32.4 Å². The molecule has 3 heterocycles. The Bertz CT molecular complexity index is 919. The highest BCUT2D eigenvalue weighted by molar-refractivity contribution is 7.13. The van der Waals surface area contributed by atoms with Gasteiger partial charge in [-0.05, 0) is 30.0 Å². The molecule has 0 radical (unpaired) electrons. The molecular formula is C19H18N2S. The molecule has 0 aliphatic carbocycles. The van der Waals surface area contributed by atoms with E-state index in [0.29, 0.717) is 0 Å². The molecule has 0 saturated carbocycles. The van der Waals surface area contributed by atoms with E-state index >= 15 is 0 Å². The molecule has 0 bridgehead atoms. The Kier molecular flexibility index (Phi) is 3.43. The monoisotopic (exact) mass is 306 g/mol. The van der Waals surface area contributed by atoms with Gasteiger partial charge in [0.15, 0.2) is 0 Å². The largest absolute Gasteiger partial charge is 0.339 e. The lowest BCUT2D eigenvalue weighted by Crippen LogP contribution is -1.99. The molecule has 22 heavy (non-hydrogen) atoms. The van der Waals surface area contributed by atoms with Gasteiger partial charge in [0.1, 0.15) is 5.69 Å². The summed E-state index contributed by atoms with van der Waals surface area (Å²) in [5.74, 6) is 0. The molecule has 0 atom stereocenters. The van der Waals surface area contributed by atoms with Crippen molar-refractivity contribution in [3.63, 3.8) is 0 Å². The van der Waals surface area contributed by atoms with Crippen LogP contribution in [-0.2, 0) is 6.54 Å². The van der Waals surface area contributed by atoms with Gasteiger partial charge in [-0.25, -0.2) is 0 Å². The number of hydrogen-bond acceptors (Lipinski definition) is 2. The van der Waals surface area contributed by atoms with Gasteiger partial charge in [0, 0.05) is 29.0 Å². The molecule has 0 amide bonds. The Labute approximate surface area is 134 Å². The molecule has 0 aliphatic rings. The molecule has 3 heteroatoms. The molecule has 0 fully saturated rings. The van der Waals surface area contributed by atoms with Gasteiger partial charge in [-0.15, -0.1) is 11.3 Å². The van der Waals surface area contributed by atoms with Crippen molar-refractivity contribution in [2.75, 3.05) is 0 Å². The zero-order valence-corrected chi connectivity index (χ0v) is 13.4. The maximum absolute atomic E-state index is 4.70. The molecule has 4 rings (SSSR count). The standard InChI is InChI=1S/C19H18N2S/c1-2-3-12-21-16-8-5-4-7-14(16)15-10-11-20-18(19(15)21)17-9-6-13-22-17/h4-11,13H,2-3,12H2,1H3. The number of para-hydroxylation sites is 1. The zero-order valence-electron chi connectivity index (χ0n) is 12.6. The number of hydrogen-bond donors (Lipinski definition) is 0. The fraction of sp³-hybridized carbons (Fsp3) is 0.211. The molecule has 0 aliphatic heterocycles. The second-order valence-corrected chi connectivity index (χ2v) is 6.50. The summed E-state index contributed by atoms with van der Waals surface area (Å²) in [6, 6.07) is 15.1. The molecule has 0 spiro atoms. The summed E-state index contributed by atoms with van der Waals surface area (Å²) in [5.41, 5.74) is 3.70. The van der Waals surface area contributed by atoms with Crippen molar-refractivity contribution >= 4 is 33.1 Å². The third-order valence-electron chi connectivity index (χ3n) is 4.17. The summed E-state index contributed by atoms with van der Waals surface area (Å²) < 4.78 is 2.45. The lowest BCUT2D eigenvalue weighted by molar-refractivity contribution is 0.665. The number of aromatic nitrogens is 2. The Hall–Kier alpha value is -2.13. The van der Waals surface area contributed by atoms with Crippen molar-refractivity contribution in [3.05, 3.63) is 54.0 Å². The first kappa shape index (κ1) is 13.5. The Morgan fingerprint density at radius 2 is 1.95 bits per heavy atom. The number of unbranched alkanes of at least 4 members (excludes halogenated alkanes) is 1. The zero-order chi connectivity index (χ0) is 14.9. The van der Waals surface area contributed by atoms with Crippen LogP contribution >= 0.6 is 11.3 Å². The van der Waals surface area contributed by atoms with E-state index in [1.165, 1.54) is 39.5 Å². The summed E-state index contributed by atoms with van der Waals surface area (Å²) in [6.07, 6.45) is 4.32. The van der Waals surface area contributed by atoms with Crippen LogP contribution in [0.1, 0.15) is 19.8 Å². The Morgan fingerprint density at radius 1 is 1.05 bits per heavy atom. The van der Waals surface area contributed by atoms with E-state index in [4.69, 9.17) is 4.98 Å². The van der Waals surface area contributed by atoms with E-state index in [1.54, 1.807) is 11.3 Å². The molecule has 0 N–H and O–H groups in total. The quantitative estimate of drug-likeness (QED) is 0.471. The van der Waals surface area contributed by atoms with Crippen LogP contribution < -0.4 is 0 Å². The van der Waals surface area contributed by atoms with Crippen LogP contribution in [0.2, 0.25) is 0 Å². The first-order valence-electron chi connectivity index (χ1n) is 7.80. The van der Waals surface area contributed by atoms with Crippen LogP contribution in [0.15, 0.2) is 54.0 Å². The van der Waals surface area contributed by atoms with Crippen molar-refractivity contribution < 1.29 is 0 Å². The number of nitrogens with zero attached hydrogens (tertiary/aromatic N) is 2. The van der Waals surface area contributed by atoms with E-state index in [-0.39, 0.29) is 0 Å². The number of thiophene rings is 1. The third-order valence-corrected chi connectivity index (χ3v) is 5.05. The van der Waals surface area contributed by atoms with Gasteiger partial charge < -0.3 is 4.57 Å². The van der Waals surface area contributed by atoms with Crippen molar-refractivity contribution in [3.8, 4) is 10.6 Å². The maximum atomic E-state index is 4.70. The number of rotatable bonds is 4. The minimum Gasteiger partial charge on any atom is -0.339 e. The van der Waals surface area contributed by atoms with Gasteiger partial charge in [0.2, 0.25) is 0 Å². The Morgan fingerprint density at radius 3 is 2.77 bits per heavy atom. The molecule has 0 saturated heterocycles. The fourth-order valence-electron chi connectivity index (χ4n) is 3.14. The second kappa shape index (κ2) is 5.58. The summed E-state index contributed by atoms with van der Waals surface area (Å²) in [5, 5.41) is 4.76. The lowest BCUT2D eigenvalue weighted by atomic mass is 10.1. The smallest absolute Gasteiger partial charge is 0.104 e. The highest BCUT2D eigenvalue weighted by Gasteiger charge is 2.15. The predicted molar refractivity (Wildman–Crippen MR) is 95.5 cm³/mol. The van der Waals surface area contributed by atoms with Crippen molar-refractivity contribution in [1.82, 2.24) is 9.55 Å². The van der Waals surface area contributed by atoms with E-state index < -0.39 is 0 Å². The summed E-state index contributed by atoms with van der Waals surface area (Å²) >= 11 is 1.76. The highest BCUT2D eigenvalue weighted by atomic mass is 32.1. The predicted octanol–water partition coefficient (Wildman–Crippen LogP) is 5.72. The SMILES string of the molecule is CCCCn1c2ccccc2c2ccnc(-c3cccs3)c21. The van der Waals surface area contributed by atoms with Gasteiger partial charge in [0.05, 0.1) is 10.4 Å². The Balaban J connectivity index is 2.10. The molecule has 3 aromatic heterocycles. The third kappa shape index (κ3) is 2.04. The van der Waals surface area contributed by atoms with E-state index in [0.717, 1.165) is 12.2 Å². The molecule has 0 unspecified atom stereocenters. The van der Waals surface area contributed by atoms with Gasteiger partial charge >= 0.3 is 0 Å². The van der Waals surface area contributed by atoms with E-state index in [9.17, 15) is 0 Å². The minimum atomic E-state index is 1.05. The number of pyridine rings is 1. The number of benzene rings is 1. The number of fused-ring (bicyclic) bond motifs is 3. The molecule has 110 valence electrons. The van der Waals surface area contributed by atoms with Crippen molar-refractivity contribution in [2.45, 2.75) is 26.3 Å². The van der Waals surface area contributed by atoms with Gasteiger partial charge in [0.25, 0.3) is 0 Å².